The Bertz CT molecular complexity index is 345. The molecule has 0 aliphatic rings. The zero-order valence-electron chi connectivity index (χ0n) is 12.4. The second kappa shape index (κ2) is 14.1. The lowest BCUT2D eigenvalue weighted by atomic mass is 10.2. The molecule has 9 heteroatoms. The van der Waals surface area contributed by atoms with E-state index in [1.165, 1.54) is 12.8 Å². The van der Waals surface area contributed by atoms with E-state index in [0.29, 0.717) is 6.61 Å². The Morgan fingerprint density at radius 1 is 1.09 bits per heavy atom. The zero-order chi connectivity index (χ0) is 17.6. The number of alkyl halides is 3. The topological polar surface area (TPSA) is 107 Å². The molecule has 0 saturated carbocycles. The molecule has 0 aromatic carbocycles. The highest BCUT2D eigenvalue weighted by Gasteiger charge is 2.29. The summed E-state index contributed by atoms with van der Waals surface area (Å²) in [5.74, 6) is -1.86. The van der Waals surface area contributed by atoms with Gasteiger partial charge < -0.3 is 15.6 Å². The van der Waals surface area contributed by atoms with Gasteiger partial charge in [0.15, 0.2) is 0 Å². The molecule has 0 fully saturated rings. The lowest BCUT2D eigenvalue weighted by molar-refractivity contribution is -0.144. The summed E-state index contributed by atoms with van der Waals surface area (Å²) in [6, 6.07) is 0. The van der Waals surface area contributed by atoms with E-state index in [2.05, 4.69) is 6.92 Å². The number of hydrogen-bond acceptors (Lipinski definition) is 5. The van der Waals surface area contributed by atoms with Crippen LogP contribution in [0.3, 0.4) is 0 Å². The van der Waals surface area contributed by atoms with Crippen molar-refractivity contribution in [1.82, 2.24) is 0 Å². The number of rotatable bonds is 9. The first-order chi connectivity index (χ1) is 10.1. The van der Waals surface area contributed by atoms with Crippen LogP contribution in [-0.2, 0) is 19.1 Å². The maximum absolute atomic E-state index is 11.1. The number of esters is 1. The minimum Gasteiger partial charge on any atom is -0.478 e. The lowest BCUT2D eigenvalue weighted by Gasteiger charge is -2.03. The van der Waals surface area contributed by atoms with Gasteiger partial charge in [-0.3, -0.25) is 9.59 Å². The minimum atomic E-state index is -2.17. The number of aliphatic carboxylic acids is 1. The molecule has 0 atom stereocenters. The number of nitrogens with two attached hydrogens (primary N) is 1. The van der Waals surface area contributed by atoms with Gasteiger partial charge in [-0.05, 0) is 6.42 Å². The maximum atomic E-state index is 11.1. The summed E-state index contributed by atoms with van der Waals surface area (Å²) < 4.78 is 2.78. The van der Waals surface area contributed by atoms with E-state index in [1.807, 2.05) is 0 Å². The third-order valence-corrected chi connectivity index (χ3v) is 2.82. The summed E-state index contributed by atoms with van der Waals surface area (Å²) in [5.41, 5.74) is 5.11. The molecule has 0 aliphatic carbocycles. The Labute approximate surface area is 145 Å². The van der Waals surface area contributed by atoms with Gasteiger partial charge in [0, 0.05) is 6.42 Å². The van der Waals surface area contributed by atoms with Crippen molar-refractivity contribution in [2.75, 3.05) is 13.2 Å². The van der Waals surface area contributed by atoms with E-state index in [0.717, 1.165) is 12.8 Å². The van der Waals surface area contributed by atoms with Crippen LogP contribution < -0.4 is 5.73 Å². The second-order valence-corrected chi connectivity index (χ2v) is 6.61. The van der Waals surface area contributed by atoms with Crippen LogP contribution in [0.1, 0.15) is 45.4 Å². The van der Waals surface area contributed by atoms with E-state index in [1.54, 1.807) is 0 Å². The van der Waals surface area contributed by atoms with Gasteiger partial charge in [-0.15, -0.1) is 0 Å². The summed E-state index contributed by atoms with van der Waals surface area (Å²) >= 11 is 14.4. The van der Waals surface area contributed by atoms with Crippen LogP contribution in [0.25, 0.3) is 0 Å². The second-order valence-electron chi connectivity index (χ2n) is 4.33. The molecule has 0 amide bonds. The molecule has 0 bridgehead atoms. The van der Waals surface area contributed by atoms with Crippen LogP contribution in [0.2, 0.25) is 0 Å². The maximum Gasteiger partial charge on any atom is 0.356 e. The van der Waals surface area contributed by atoms with E-state index in [-0.39, 0.29) is 31.1 Å². The highest BCUT2D eigenvalue weighted by atomic mass is 35.6. The molecule has 0 aliphatic heterocycles. The van der Waals surface area contributed by atoms with Gasteiger partial charge in [-0.25, -0.2) is 4.79 Å². The Morgan fingerprint density at radius 2 is 1.64 bits per heavy atom. The Hall–Kier alpha value is -0.560. The van der Waals surface area contributed by atoms with E-state index >= 15 is 0 Å². The van der Waals surface area contributed by atoms with Crippen molar-refractivity contribution in [2.24, 2.45) is 5.73 Å². The number of carboxylic acid groups (broad SMARTS) is 1. The predicted molar refractivity (Wildman–Crippen MR) is 86.3 cm³/mol. The number of ether oxygens (including phenoxy) is 1. The lowest BCUT2D eigenvalue weighted by Crippen LogP contribution is -2.16. The predicted octanol–water partition coefficient (Wildman–Crippen LogP) is 2.86. The van der Waals surface area contributed by atoms with E-state index < -0.39 is 9.76 Å². The molecule has 0 aromatic heterocycles. The Kier molecular flexibility index (Phi) is 15.1. The highest BCUT2D eigenvalue weighted by molar-refractivity contribution is 6.75. The van der Waals surface area contributed by atoms with Crippen molar-refractivity contribution in [3.8, 4) is 0 Å². The summed E-state index contributed by atoms with van der Waals surface area (Å²) in [4.78, 5) is 31.5. The quantitative estimate of drug-likeness (QED) is 0.363. The molecule has 0 rings (SSSR count). The Balaban J connectivity index is 0. The van der Waals surface area contributed by atoms with Crippen molar-refractivity contribution < 1.29 is 24.2 Å². The number of unbranched alkanes of at least 4 members (excludes halogenated alkanes) is 3. The normalized spacial score (nSPS) is 10.4. The molecular weight excluding hydrogens is 357 g/mol. The highest BCUT2D eigenvalue weighted by Crippen LogP contribution is 2.25. The summed E-state index contributed by atoms with van der Waals surface area (Å²) in [5, 5.41) is 7.85. The van der Waals surface area contributed by atoms with Crippen molar-refractivity contribution in [1.29, 1.82) is 0 Å². The molecule has 0 saturated heterocycles. The van der Waals surface area contributed by atoms with Gasteiger partial charge in [0.2, 0.25) is 0 Å². The first kappa shape index (κ1) is 23.7. The number of carbonyl (C=O) groups excluding carboxylic acids is 2. The molecule has 0 heterocycles. The van der Waals surface area contributed by atoms with E-state index in [9.17, 15) is 14.4 Å². The average Bonchev–Trinajstić information content (AvgIpc) is 2.44. The fraction of sp³-hybridized carbons (Fsp3) is 0.769. The standard InChI is InChI=1S/C11H21NO3.C2HCl3O2/c1-2-3-4-5-8-15-11(14)7-6-10(13)9-12;3-2(4,5)1(6)7/h2-9,12H2,1H3;(H,6,7). The van der Waals surface area contributed by atoms with Crippen molar-refractivity contribution in [3.63, 3.8) is 0 Å². The van der Waals surface area contributed by atoms with Gasteiger partial charge in [0.1, 0.15) is 5.78 Å². The van der Waals surface area contributed by atoms with Gasteiger partial charge in [-0.1, -0.05) is 61.0 Å². The van der Waals surface area contributed by atoms with Gasteiger partial charge >= 0.3 is 11.9 Å². The average molecular weight is 379 g/mol. The van der Waals surface area contributed by atoms with Crippen molar-refractivity contribution in [3.05, 3.63) is 0 Å². The largest absolute Gasteiger partial charge is 0.478 e. The van der Waals surface area contributed by atoms with Crippen LogP contribution in [-0.4, -0.2) is 39.8 Å². The van der Waals surface area contributed by atoms with Crippen LogP contribution >= 0.6 is 34.8 Å². The first-order valence-corrected chi connectivity index (χ1v) is 7.96. The first-order valence-electron chi connectivity index (χ1n) is 6.82. The molecule has 130 valence electrons. The molecule has 0 spiro atoms. The van der Waals surface area contributed by atoms with Gasteiger partial charge in [-0.2, -0.15) is 0 Å². The summed E-state index contributed by atoms with van der Waals surface area (Å²) in [7, 11) is 0. The molecular formula is C13H22Cl3NO5. The number of hydrogen-bond donors (Lipinski definition) is 2. The fourth-order valence-electron chi connectivity index (χ4n) is 1.13. The van der Waals surface area contributed by atoms with Crippen molar-refractivity contribution >= 4 is 52.5 Å². The minimum absolute atomic E-state index is 0.00375. The van der Waals surface area contributed by atoms with Crippen LogP contribution in [0.15, 0.2) is 0 Å². The summed E-state index contributed by atoms with van der Waals surface area (Å²) in [6.07, 6.45) is 4.69. The molecule has 0 aromatic rings. The number of Topliss-reactive ketones (excluding diaryl/α,β-unsaturated/α-hetero) is 1. The number of ketones is 1. The molecule has 22 heavy (non-hydrogen) atoms. The molecule has 6 nitrogen and oxygen atoms in total. The third-order valence-electron chi connectivity index (χ3n) is 2.34. The van der Waals surface area contributed by atoms with E-state index in [4.69, 9.17) is 50.4 Å². The van der Waals surface area contributed by atoms with Crippen molar-refractivity contribution in [2.45, 2.75) is 49.2 Å². The monoisotopic (exact) mass is 377 g/mol. The number of halogens is 3. The zero-order valence-corrected chi connectivity index (χ0v) is 14.7. The molecule has 0 radical (unpaired) electrons. The van der Waals surface area contributed by atoms with Crippen LogP contribution in [0.5, 0.6) is 0 Å². The Morgan fingerprint density at radius 3 is 2.05 bits per heavy atom. The van der Waals surface area contributed by atoms with Gasteiger partial charge in [0.25, 0.3) is 3.79 Å². The number of carbonyl (C=O) groups is 3. The smallest absolute Gasteiger partial charge is 0.356 e. The molecule has 0 unspecified atom stereocenters. The van der Waals surface area contributed by atoms with Crippen LogP contribution in [0.4, 0.5) is 0 Å². The third kappa shape index (κ3) is 17.5. The van der Waals surface area contributed by atoms with Gasteiger partial charge in [0.05, 0.1) is 19.6 Å². The molecule has 3 N–H and O–H groups in total. The summed E-state index contributed by atoms with van der Waals surface area (Å²) in [6.45, 7) is 2.60. The fourth-order valence-corrected chi connectivity index (χ4v) is 1.13. The van der Waals surface area contributed by atoms with Crippen LogP contribution in [0, 0.1) is 0 Å². The SMILES string of the molecule is CCCCCCOC(=O)CCC(=O)CN.O=C(O)C(Cl)(Cl)Cl. The number of carboxylic acids is 1.